The fourth-order valence-electron chi connectivity index (χ4n) is 5.57. The quantitative estimate of drug-likeness (QED) is 0.175. The summed E-state index contributed by atoms with van der Waals surface area (Å²) in [5, 5.41) is 68.7. The number of aliphatic hydroxyl groups excluding tert-OH is 3. The van der Waals surface area contributed by atoms with Crippen molar-refractivity contribution in [2.45, 2.75) is 30.3 Å². The van der Waals surface area contributed by atoms with E-state index in [1.54, 1.807) is 0 Å². The Morgan fingerprint density at radius 1 is 1.18 bits per heavy atom. The van der Waals surface area contributed by atoms with Gasteiger partial charge < -0.3 is 36.4 Å². The number of aromatic hydroxyl groups is 1. The number of phenolic OH excluding ortho intramolecular Hbond substituents is 1. The number of Topliss-reactive ketones (excluding diaryl/α,β-unsaturated/α-hetero) is 2. The van der Waals surface area contributed by atoms with Gasteiger partial charge in [-0.25, -0.2) is 0 Å². The zero-order chi connectivity index (χ0) is 24.8. The Balaban J connectivity index is 0.00000324. The first-order chi connectivity index (χ1) is 15.2. The third-order valence-electron chi connectivity index (χ3n) is 7.00. The van der Waals surface area contributed by atoms with E-state index in [0.29, 0.717) is 0 Å². The Morgan fingerprint density at radius 3 is 2.29 bits per heavy atom. The van der Waals surface area contributed by atoms with E-state index in [1.807, 2.05) is 0 Å². The molecule has 1 aromatic rings. The van der Waals surface area contributed by atoms with Gasteiger partial charge >= 0.3 is 29.6 Å². The number of rotatable bonds is 2. The standard InChI is InChI=1S/C22H23N2O9.Na/c1-21(32)7-5-4-6-8(25)9(7)15(26)10-12(21)17(28)13-14(24(2)3)16(27)11(20(23)31)19(30)22(13,33)18(10)29;/h4-6,12-14,17,25-26,28,30,32H,1-3H3,(H2,23,31);/q-1;+1. The van der Waals surface area contributed by atoms with Crippen LogP contribution in [0.15, 0.2) is 35.1 Å². The van der Waals surface area contributed by atoms with Crippen LogP contribution in [0, 0.1) is 11.8 Å². The molecule has 6 atom stereocenters. The van der Waals surface area contributed by atoms with Crippen LogP contribution in [0.25, 0.3) is 5.76 Å². The molecular weight excluding hydrogens is 459 g/mol. The number of fused-ring (bicyclic) bond motifs is 3. The summed E-state index contributed by atoms with van der Waals surface area (Å²) >= 11 is 0. The molecular formula is C22H23N2NaO9. The molecule has 0 saturated heterocycles. The molecule has 7 N–H and O–H groups in total. The summed E-state index contributed by atoms with van der Waals surface area (Å²) in [6.45, 7) is 1.23. The molecule has 176 valence electrons. The van der Waals surface area contributed by atoms with Gasteiger partial charge in [-0.05, 0) is 32.6 Å². The van der Waals surface area contributed by atoms with E-state index in [-0.39, 0.29) is 40.7 Å². The van der Waals surface area contributed by atoms with Gasteiger partial charge in [-0.15, -0.1) is 0 Å². The molecule has 12 heteroatoms. The monoisotopic (exact) mass is 482 g/mol. The predicted octanol–water partition coefficient (Wildman–Crippen LogP) is -5.03. The number of phenols is 1. The summed E-state index contributed by atoms with van der Waals surface area (Å²) in [6, 6.07) is 2.40. The summed E-state index contributed by atoms with van der Waals surface area (Å²) in [6.07, 6.45) is -1.93. The molecule has 0 aliphatic heterocycles. The summed E-state index contributed by atoms with van der Waals surface area (Å²) in [5.41, 5.74) is -2.25. The molecule has 0 bridgehead atoms. The number of nitrogens with zero attached hydrogens (tertiary/aromatic N) is 1. The molecule has 1 saturated carbocycles. The molecule has 11 nitrogen and oxygen atoms in total. The van der Waals surface area contributed by atoms with Gasteiger partial charge in [0.1, 0.15) is 22.8 Å². The summed E-state index contributed by atoms with van der Waals surface area (Å²) in [5.74, 6) is -10.2. The van der Waals surface area contributed by atoms with Crippen LogP contribution in [0.1, 0.15) is 18.1 Å². The number of hydrogen-bond acceptors (Lipinski definition) is 10. The third kappa shape index (κ3) is 3.05. The van der Waals surface area contributed by atoms with Crippen molar-refractivity contribution < 1.29 is 74.6 Å². The number of benzene rings is 1. The molecule has 1 fully saturated rings. The molecule has 3 aliphatic carbocycles. The molecule has 3 aliphatic rings. The molecule has 4 rings (SSSR count). The molecule has 0 heterocycles. The van der Waals surface area contributed by atoms with Crippen molar-refractivity contribution in [3.05, 3.63) is 46.2 Å². The SMILES string of the molecule is CN(C)C1C(=O)C(C(N)=O)=C(O)C2([O-])C(=O)C3=C(O)c4c(O)cccc4C(C)(O)C3C(O)C12.[Na+]. The topological polar surface area (TPSA) is 205 Å². The zero-order valence-electron chi connectivity index (χ0n) is 18.9. The Labute approximate surface area is 216 Å². The number of primary amides is 1. The predicted molar refractivity (Wildman–Crippen MR) is 109 cm³/mol. The Morgan fingerprint density at radius 2 is 1.76 bits per heavy atom. The van der Waals surface area contributed by atoms with Crippen LogP contribution < -0.4 is 40.4 Å². The van der Waals surface area contributed by atoms with Crippen molar-refractivity contribution in [1.29, 1.82) is 0 Å². The second kappa shape index (κ2) is 8.16. The minimum Gasteiger partial charge on any atom is -0.838 e. The molecule has 0 aromatic heterocycles. The number of nitrogens with two attached hydrogens (primary N) is 1. The first-order valence-electron chi connectivity index (χ1n) is 10.1. The van der Waals surface area contributed by atoms with Crippen LogP contribution in [-0.2, 0) is 20.0 Å². The number of likely N-dealkylation sites (N-methyl/N-ethyl adjacent to an activating group) is 1. The Hall–Kier alpha value is -2.25. The van der Waals surface area contributed by atoms with Crippen molar-refractivity contribution in [3.63, 3.8) is 0 Å². The average Bonchev–Trinajstić information content (AvgIpc) is 2.70. The molecule has 1 amide bonds. The maximum atomic E-state index is 14.1. The molecule has 0 spiro atoms. The summed E-state index contributed by atoms with van der Waals surface area (Å²) in [7, 11) is 2.74. The van der Waals surface area contributed by atoms with E-state index in [9.17, 15) is 45.0 Å². The van der Waals surface area contributed by atoms with E-state index >= 15 is 0 Å². The van der Waals surface area contributed by atoms with E-state index in [1.165, 1.54) is 44.1 Å². The van der Waals surface area contributed by atoms with Crippen LogP contribution in [0.2, 0.25) is 0 Å². The number of amides is 1. The van der Waals surface area contributed by atoms with E-state index < -0.39 is 81.1 Å². The third-order valence-corrected chi connectivity index (χ3v) is 7.00. The fourth-order valence-corrected chi connectivity index (χ4v) is 5.57. The van der Waals surface area contributed by atoms with Gasteiger partial charge in [0, 0.05) is 17.1 Å². The normalized spacial score (nSPS) is 34.9. The summed E-state index contributed by atoms with van der Waals surface area (Å²) < 4.78 is 0. The minimum atomic E-state index is -3.27. The van der Waals surface area contributed by atoms with Crippen LogP contribution in [-0.4, -0.2) is 79.7 Å². The second-order valence-electron chi connectivity index (χ2n) is 9.03. The van der Waals surface area contributed by atoms with Crippen molar-refractivity contribution in [2.24, 2.45) is 17.6 Å². The molecule has 0 radical (unpaired) electrons. The minimum absolute atomic E-state index is 0. The number of aliphatic hydroxyl groups is 4. The first-order valence-corrected chi connectivity index (χ1v) is 10.1. The smallest absolute Gasteiger partial charge is 0.838 e. The largest absolute Gasteiger partial charge is 1.00 e. The number of hydrogen-bond donors (Lipinski definition) is 6. The zero-order valence-corrected chi connectivity index (χ0v) is 20.9. The van der Waals surface area contributed by atoms with Gasteiger partial charge in [0.2, 0.25) is 0 Å². The van der Waals surface area contributed by atoms with Crippen molar-refractivity contribution in [1.82, 2.24) is 4.90 Å². The van der Waals surface area contributed by atoms with Crippen LogP contribution in [0.5, 0.6) is 5.75 Å². The summed E-state index contributed by atoms with van der Waals surface area (Å²) in [4.78, 5) is 39.8. The Bertz CT molecular complexity index is 1190. The van der Waals surface area contributed by atoms with Gasteiger partial charge in [-0.2, -0.15) is 0 Å². The fraction of sp³-hybridized carbons (Fsp3) is 0.409. The van der Waals surface area contributed by atoms with Crippen LogP contribution in [0.4, 0.5) is 0 Å². The van der Waals surface area contributed by atoms with Gasteiger partial charge in [-0.3, -0.25) is 19.3 Å². The van der Waals surface area contributed by atoms with Crippen LogP contribution >= 0.6 is 0 Å². The Kier molecular flexibility index (Phi) is 6.33. The van der Waals surface area contributed by atoms with E-state index in [4.69, 9.17) is 5.73 Å². The van der Waals surface area contributed by atoms with Crippen molar-refractivity contribution in [2.75, 3.05) is 14.1 Å². The molecule has 6 unspecified atom stereocenters. The maximum absolute atomic E-state index is 14.1. The average molecular weight is 482 g/mol. The molecule has 34 heavy (non-hydrogen) atoms. The second-order valence-corrected chi connectivity index (χ2v) is 9.03. The van der Waals surface area contributed by atoms with Crippen LogP contribution in [0.3, 0.4) is 0 Å². The van der Waals surface area contributed by atoms with Gasteiger partial charge in [0.15, 0.2) is 11.6 Å². The molecule has 1 aromatic carbocycles. The van der Waals surface area contributed by atoms with E-state index in [0.717, 1.165) is 0 Å². The van der Waals surface area contributed by atoms with Gasteiger partial charge in [-0.1, -0.05) is 12.1 Å². The number of ketones is 2. The maximum Gasteiger partial charge on any atom is 1.00 e. The van der Waals surface area contributed by atoms with Gasteiger partial charge in [0.25, 0.3) is 5.91 Å². The van der Waals surface area contributed by atoms with E-state index in [2.05, 4.69) is 0 Å². The van der Waals surface area contributed by atoms with Crippen molar-refractivity contribution >= 4 is 23.2 Å². The van der Waals surface area contributed by atoms with Crippen molar-refractivity contribution in [3.8, 4) is 5.75 Å². The first kappa shape index (κ1) is 26.4. The van der Waals surface area contributed by atoms with Gasteiger partial charge in [0.05, 0.1) is 29.2 Å². The number of carbonyl (C=O) groups excluding carboxylic acids is 3. The number of carbonyl (C=O) groups is 3.